The Bertz CT molecular complexity index is 427. The van der Waals surface area contributed by atoms with Gasteiger partial charge in [0.2, 0.25) is 0 Å². The fourth-order valence-electron chi connectivity index (χ4n) is 2.50. The van der Waals surface area contributed by atoms with Gasteiger partial charge in [-0.1, -0.05) is 24.3 Å². The molecule has 0 unspecified atom stereocenters. The summed E-state index contributed by atoms with van der Waals surface area (Å²) in [5, 5.41) is 3.41. The van der Waals surface area contributed by atoms with Crippen molar-refractivity contribution < 1.29 is 0 Å². The van der Waals surface area contributed by atoms with Crippen LogP contribution in [0, 0.1) is 6.92 Å². The first-order valence-electron chi connectivity index (χ1n) is 6.04. The molecule has 0 fully saturated rings. The number of hydrogen-bond donors (Lipinski definition) is 1. The van der Waals surface area contributed by atoms with E-state index in [-0.39, 0.29) is 5.54 Å². The van der Waals surface area contributed by atoms with Crippen LogP contribution in [0.4, 0.5) is 0 Å². The van der Waals surface area contributed by atoms with Crippen LogP contribution in [-0.4, -0.2) is 12.6 Å². The summed E-state index contributed by atoms with van der Waals surface area (Å²) in [5.41, 5.74) is 5.87. The van der Waals surface area contributed by atoms with Gasteiger partial charge < -0.3 is 5.32 Å². The van der Waals surface area contributed by atoms with Crippen LogP contribution < -0.4 is 5.32 Å². The normalized spacial score (nSPS) is 15.6. The van der Waals surface area contributed by atoms with Crippen LogP contribution in [0.25, 0.3) is 5.57 Å². The van der Waals surface area contributed by atoms with Crippen molar-refractivity contribution in [2.75, 3.05) is 7.05 Å². The topological polar surface area (TPSA) is 12.0 Å². The van der Waals surface area contributed by atoms with Crippen LogP contribution in [0.1, 0.15) is 37.0 Å². The van der Waals surface area contributed by atoms with E-state index >= 15 is 0 Å². The monoisotopic (exact) mass is 215 g/mol. The molecule has 16 heavy (non-hydrogen) atoms. The maximum atomic E-state index is 3.41. The van der Waals surface area contributed by atoms with Gasteiger partial charge >= 0.3 is 0 Å². The van der Waals surface area contributed by atoms with Crippen LogP contribution in [0.2, 0.25) is 0 Å². The number of rotatable bonds is 2. The molecule has 0 aromatic heterocycles. The standard InChI is InChI=1S/C15H21N/c1-11-7-5-8-12-9-6-10-13(14(11)12)15(2,3)16-4/h5,7-8,10,16H,6,9H2,1-4H3. The Balaban J connectivity index is 2.56. The molecule has 1 aliphatic rings. The van der Waals surface area contributed by atoms with Gasteiger partial charge in [-0.25, -0.2) is 0 Å². The van der Waals surface area contributed by atoms with E-state index in [4.69, 9.17) is 0 Å². The third-order valence-corrected chi connectivity index (χ3v) is 3.69. The molecule has 0 atom stereocenters. The first-order valence-corrected chi connectivity index (χ1v) is 6.04. The van der Waals surface area contributed by atoms with Gasteiger partial charge in [0.05, 0.1) is 0 Å². The van der Waals surface area contributed by atoms with Gasteiger partial charge in [0, 0.05) is 5.54 Å². The zero-order valence-electron chi connectivity index (χ0n) is 10.7. The Morgan fingerprint density at radius 3 is 2.69 bits per heavy atom. The highest BCUT2D eigenvalue weighted by Gasteiger charge is 2.26. The summed E-state index contributed by atoms with van der Waals surface area (Å²) >= 11 is 0. The molecule has 0 radical (unpaired) electrons. The molecular weight excluding hydrogens is 194 g/mol. The molecule has 1 aromatic rings. The Morgan fingerprint density at radius 1 is 1.25 bits per heavy atom. The maximum Gasteiger partial charge on any atom is 0.0377 e. The van der Waals surface area contributed by atoms with Crippen LogP contribution in [-0.2, 0) is 6.42 Å². The van der Waals surface area contributed by atoms with Gasteiger partial charge in [-0.2, -0.15) is 0 Å². The van der Waals surface area contributed by atoms with E-state index in [2.05, 4.69) is 50.4 Å². The first kappa shape index (κ1) is 11.4. The summed E-state index contributed by atoms with van der Waals surface area (Å²) in [4.78, 5) is 0. The number of hydrogen-bond acceptors (Lipinski definition) is 1. The number of nitrogens with one attached hydrogen (secondary N) is 1. The fraction of sp³-hybridized carbons (Fsp3) is 0.467. The highest BCUT2D eigenvalue weighted by molar-refractivity contribution is 5.78. The molecule has 1 nitrogen and oxygen atoms in total. The zero-order valence-corrected chi connectivity index (χ0v) is 10.7. The molecule has 86 valence electrons. The third kappa shape index (κ3) is 1.80. The summed E-state index contributed by atoms with van der Waals surface area (Å²) in [5.74, 6) is 0. The lowest BCUT2D eigenvalue weighted by Gasteiger charge is -2.32. The molecule has 1 aromatic carbocycles. The van der Waals surface area contributed by atoms with Gasteiger partial charge in [-0.3, -0.25) is 0 Å². The maximum absolute atomic E-state index is 3.41. The smallest absolute Gasteiger partial charge is 0.0377 e. The Hall–Kier alpha value is -1.08. The van der Waals surface area contributed by atoms with E-state index in [9.17, 15) is 0 Å². The van der Waals surface area contributed by atoms with Crippen LogP contribution in [0.15, 0.2) is 24.3 Å². The molecule has 0 saturated carbocycles. The molecule has 1 N–H and O–H groups in total. The molecule has 2 rings (SSSR count). The van der Waals surface area contributed by atoms with E-state index in [1.165, 1.54) is 28.7 Å². The van der Waals surface area contributed by atoms with E-state index in [0.717, 1.165) is 6.42 Å². The molecular formula is C15H21N. The number of benzene rings is 1. The SMILES string of the molecule is CNC(C)(C)C1=CCCc2cccc(C)c21. The van der Waals surface area contributed by atoms with Crippen molar-refractivity contribution >= 4 is 5.57 Å². The molecule has 1 heteroatoms. The Kier molecular flexibility index (Phi) is 2.90. The fourth-order valence-corrected chi connectivity index (χ4v) is 2.50. The van der Waals surface area contributed by atoms with Gasteiger partial charge in [0.25, 0.3) is 0 Å². The van der Waals surface area contributed by atoms with E-state index in [0.29, 0.717) is 0 Å². The average Bonchev–Trinajstić information content (AvgIpc) is 2.29. The molecule has 0 aliphatic heterocycles. The lowest BCUT2D eigenvalue weighted by atomic mass is 9.79. The van der Waals surface area contributed by atoms with Crippen molar-refractivity contribution in [2.24, 2.45) is 0 Å². The molecule has 0 saturated heterocycles. The molecule has 0 heterocycles. The van der Waals surface area contributed by atoms with Gasteiger partial charge in [0.1, 0.15) is 0 Å². The number of likely N-dealkylation sites (N-methyl/N-ethyl adjacent to an activating group) is 1. The van der Waals surface area contributed by atoms with E-state index in [1.807, 2.05) is 7.05 Å². The summed E-state index contributed by atoms with van der Waals surface area (Å²) in [6.45, 7) is 6.71. The van der Waals surface area contributed by atoms with E-state index < -0.39 is 0 Å². The number of aryl methyl sites for hydroxylation is 2. The predicted octanol–water partition coefficient (Wildman–Crippen LogP) is 3.32. The second-order valence-electron chi connectivity index (χ2n) is 5.14. The molecule has 0 spiro atoms. The lowest BCUT2D eigenvalue weighted by molar-refractivity contribution is 0.541. The van der Waals surface area contributed by atoms with E-state index in [1.54, 1.807) is 0 Å². The molecule has 1 aliphatic carbocycles. The van der Waals surface area contributed by atoms with Crippen LogP contribution >= 0.6 is 0 Å². The summed E-state index contributed by atoms with van der Waals surface area (Å²) in [6.07, 6.45) is 4.74. The number of allylic oxidation sites excluding steroid dienone is 1. The minimum Gasteiger partial charge on any atom is -0.311 e. The van der Waals surface area contributed by atoms with Gasteiger partial charge in [-0.15, -0.1) is 0 Å². The lowest BCUT2D eigenvalue weighted by Crippen LogP contribution is -2.38. The van der Waals surface area contributed by atoms with Crippen molar-refractivity contribution in [3.05, 3.63) is 41.0 Å². The van der Waals surface area contributed by atoms with Gasteiger partial charge in [0.15, 0.2) is 0 Å². The second-order valence-corrected chi connectivity index (χ2v) is 5.14. The average molecular weight is 215 g/mol. The Labute approximate surface area is 98.6 Å². The van der Waals surface area contributed by atoms with Gasteiger partial charge in [-0.05, 0) is 62.9 Å². The summed E-state index contributed by atoms with van der Waals surface area (Å²) in [7, 11) is 2.04. The minimum atomic E-state index is 0.0568. The largest absolute Gasteiger partial charge is 0.311 e. The first-order chi connectivity index (χ1) is 7.56. The van der Waals surface area contributed by atoms with Crippen LogP contribution in [0.3, 0.4) is 0 Å². The highest BCUT2D eigenvalue weighted by atomic mass is 14.9. The predicted molar refractivity (Wildman–Crippen MR) is 70.6 cm³/mol. The zero-order chi connectivity index (χ0) is 11.8. The third-order valence-electron chi connectivity index (χ3n) is 3.69. The quantitative estimate of drug-likeness (QED) is 0.798. The Morgan fingerprint density at radius 2 is 2.00 bits per heavy atom. The van der Waals surface area contributed by atoms with Crippen molar-refractivity contribution in [3.8, 4) is 0 Å². The second kappa shape index (κ2) is 4.06. The van der Waals surface area contributed by atoms with Crippen molar-refractivity contribution in [1.29, 1.82) is 0 Å². The van der Waals surface area contributed by atoms with Crippen LogP contribution in [0.5, 0.6) is 0 Å². The highest BCUT2D eigenvalue weighted by Crippen LogP contribution is 2.35. The number of fused-ring (bicyclic) bond motifs is 1. The summed E-state index contributed by atoms with van der Waals surface area (Å²) < 4.78 is 0. The van der Waals surface area contributed by atoms with Crippen molar-refractivity contribution in [1.82, 2.24) is 5.32 Å². The molecule has 0 bridgehead atoms. The van der Waals surface area contributed by atoms with Crippen molar-refractivity contribution in [3.63, 3.8) is 0 Å². The summed E-state index contributed by atoms with van der Waals surface area (Å²) in [6, 6.07) is 6.65. The minimum absolute atomic E-state index is 0.0568. The van der Waals surface area contributed by atoms with Crippen molar-refractivity contribution in [2.45, 2.75) is 39.2 Å². The molecule has 0 amide bonds.